The number of fused-ring (bicyclic) bond motifs is 1. The second-order valence-corrected chi connectivity index (χ2v) is 11.0. The molecule has 0 aliphatic heterocycles. The number of para-hydroxylation sites is 1. The molecule has 0 aliphatic rings. The third kappa shape index (κ3) is 7.18. The lowest BCUT2D eigenvalue weighted by atomic mass is 10.0. The lowest BCUT2D eigenvalue weighted by Gasteiger charge is -2.27. The van der Waals surface area contributed by atoms with E-state index in [-0.39, 0.29) is 18.6 Å². The van der Waals surface area contributed by atoms with Gasteiger partial charge in [-0.25, -0.2) is 19.1 Å². The molecule has 0 spiro atoms. The van der Waals surface area contributed by atoms with Crippen LogP contribution in [0.15, 0.2) is 83.9 Å². The van der Waals surface area contributed by atoms with Gasteiger partial charge in [-0.2, -0.15) is 0 Å². The van der Waals surface area contributed by atoms with E-state index in [2.05, 4.69) is 6.92 Å². The van der Waals surface area contributed by atoms with Gasteiger partial charge in [0.1, 0.15) is 5.60 Å². The molecule has 220 valence electrons. The summed E-state index contributed by atoms with van der Waals surface area (Å²) < 4.78 is 12.0. The zero-order chi connectivity index (χ0) is 30.3. The minimum Gasteiger partial charge on any atom is -0.494 e. The van der Waals surface area contributed by atoms with Crippen LogP contribution in [0.25, 0.3) is 10.9 Å². The smallest absolute Gasteiger partial charge is 0.421 e. The van der Waals surface area contributed by atoms with E-state index in [0.717, 1.165) is 24.0 Å². The number of aromatic hydroxyl groups is 1. The molecule has 8 nitrogen and oxygen atoms in total. The van der Waals surface area contributed by atoms with Gasteiger partial charge in [0.05, 0.1) is 29.1 Å². The van der Waals surface area contributed by atoms with Crippen LogP contribution in [0.2, 0.25) is 0 Å². The van der Waals surface area contributed by atoms with E-state index >= 15 is 0 Å². The molecule has 0 atom stereocenters. The molecule has 3 aromatic carbocycles. The van der Waals surface area contributed by atoms with Crippen LogP contribution < -0.4 is 0 Å². The Hall–Kier alpha value is -4.59. The van der Waals surface area contributed by atoms with Crippen molar-refractivity contribution >= 4 is 34.5 Å². The Morgan fingerprint density at radius 3 is 2.24 bits per heavy atom. The molecule has 4 rings (SSSR count). The van der Waals surface area contributed by atoms with E-state index in [1.165, 1.54) is 4.57 Å². The van der Waals surface area contributed by atoms with E-state index in [4.69, 9.17) is 14.5 Å². The van der Waals surface area contributed by atoms with Gasteiger partial charge in [0.2, 0.25) is 5.88 Å². The zero-order valence-electron chi connectivity index (χ0n) is 25.0. The summed E-state index contributed by atoms with van der Waals surface area (Å²) in [6.07, 6.45) is 0.851. The molecule has 1 heterocycles. The van der Waals surface area contributed by atoms with Gasteiger partial charge in [0.25, 0.3) is 0 Å². The molecule has 42 heavy (non-hydrogen) atoms. The van der Waals surface area contributed by atoms with Crippen LogP contribution in [0.1, 0.15) is 64.2 Å². The molecular formula is C34H39N3O5. The summed E-state index contributed by atoms with van der Waals surface area (Å²) in [4.78, 5) is 32.4. The predicted octanol–water partition coefficient (Wildman–Crippen LogP) is 8.06. The highest BCUT2D eigenvalue weighted by Gasteiger charge is 2.26. The normalized spacial score (nSPS) is 11.9. The first kappa shape index (κ1) is 30.4. The van der Waals surface area contributed by atoms with Gasteiger partial charge in [-0.3, -0.25) is 0 Å². The molecular weight excluding hydrogens is 530 g/mol. The van der Waals surface area contributed by atoms with Crippen LogP contribution in [0.4, 0.5) is 15.3 Å². The molecule has 0 saturated carbocycles. The van der Waals surface area contributed by atoms with E-state index in [0.29, 0.717) is 41.0 Å². The molecule has 1 N–H and O–H groups in total. The molecule has 0 radical (unpaired) electrons. The van der Waals surface area contributed by atoms with Gasteiger partial charge in [-0.1, -0.05) is 74.0 Å². The number of hydrogen-bond acceptors (Lipinski definition) is 6. The minimum absolute atomic E-state index is 0.176. The molecule has 0 saturated heterocycles. The van der Waals surface area contributed by atoms with Gasteiger partial charge in [0.15, 0.2) is 0 Å². The maximum atomic E-state index is 12.8. The number of unbranched alkanes of at least 4 members (excludes halogenated alkanes) is 1. The summed E-state index contributed by atoms with van der Waals surface area (Å²) in [7, 11) is 0. The van der Waals surface area contributed by atoms with Gasteiger partial charge >= 0.3 is 12.2 Å². The van der Waals surface area contributed by atoms with Crippen molar-refractivity contribution in [3.63, 3.8) is 0 Å². The Balaban J connectivity index is 1.74. The summed E-state index contributed by atoms with van der Waals surface area (Å²) in [6.45, 7) is 10.6. The molecule has 0 fully saturated rings. The SMILES string of the molecule is CCCCN(Cc1ccc(N=C(c2ccccc2)c2c(O)n(C(=O)OCC)c3ccccc23)cc1)C(=O)OC(C)(C)C. The van der Waals surface area contributed by atoms with Crippen molar-refractivity contribution in [2.75, 3.05) is 13.2 Å². The Bertz CT molecular complexity index is 1550. The fourth-order valence-electron chi connectivity index (χ4n) is 4.63. The van der Waals surface area contributed by atoms with Crippen molar-refractivity contribution in [2.45, 2.75) is 59.6 Å². The van der Waals surface area contributed by atoms with Crippen molar-refractivity contribution in [2.24, 2.45) is 4.99 Å². The first-order valence-corrected chi connectivity index (χ1v) is 14.3. The molecule has 4 aromatic rings. The number of benzene rings is 3. The fraction of sp³-hybridized carbons (Fsp3) is 0.324. The second kappa shape index (κ2) is 13.4. The zero-order valence-corrected chi connectivity index (χ0v) is 25.0. The Morgan fingerprint density at radius 2 is 1.60 bits per heavy atom. The Morgan fingerprint density at radius 1 is 0.929 bits per heavy atom. The molecule has 1 aromatic heterocycles. The summed E-state index contributed by atoms with van der Waals surface area (Å²) in [5.74, 6) is -0.238. The molecule has 0 aliphatic carbocycles. The molecule has 8 heteroatoms. The number of aliphatic imine (C=N–C) groups is 1. The third-order valence-electron chi connectivity index (χ3n) is 6.57. The van der Waals surface area contributed by atoms with Crippen LogP contribution in [0.3, 0.4) is 0 Å². The molecule has 0 unspecified atom stereocenters. The average molecular weight is 570 g/mol. The standard InChI is InChI=1S/C34H39N3O5/c1-6-8-22-36(32(39)42-34(3,4)5)23-24-18-20-26(21-19-24)35-30(25-14-10-9-11-15-25)29-27-16-12-13-17-28(27)37(31(29)38)33(40)41-7-2/h9-21,38H,6-8,22-23H2,1-5H3. The van der Waals surface area contributed by atoms with Crippen LogP contribution in [-0.2, 0) is 16.0 Å². The Kier molecular flexibility index (Phi) is 9.68. The number of aromatic nitrogens is 1. The number of carbonyl (C=O) groups is 2. The van der Waals surface area contributed by atoms with E-state index < -0.39 is 11.7 Å². The van der Waals surface area contributed by atoms with Crippen molar-refractivity contribution in [3.05, 3.63) is 95.6 Å². The number of hydrogen-bond donors (Lipinski definition) is 1. The predicted molar refractivity (Wildman–Crippen MR) is 166 cm³/mol. The van der Waals surface area contributed by atoms with Gasteiger partial charge in [-0.15, -0.1) is 0 Å². The minimum atomic E-state index is -0.660. The summed E-state index contributed by atoms with van der Waals surface area (Å²) in [5, 5.41) is 12.1. The number of rotatable bonds is 9. The fourth-order valence-corrected chi connectivity index (χ4v) is 4.63. The number of ether oxygens (including phenoxy) is 2. The maximum Gasteiger partial charge on any atom is 0.421 e. The molecule has 1 amide bonds. The van der Waals surface area contributed by atoms with E-state index in [1.54, 1.807) is 24.0 Å². The number of nitrogens with zero attached hydrogens (tertiary/aromatic N) is 3. The number of carbonyl (C=O) groups excluding carboxylic acids is 2. The number of amides is 1. The lowest BCUT2D eigenvalue weighted by molar-refractivity contribution is 0.0231. The summed E-state index contributed by atoms with van der Waals surface area (Å²) in [5.41, 5.74) is 3.27. The highest BCUT2D eigenvalue weighted by molar-refractivity contribution is 6.23. The first-order chi connectivity index (χ1) is 20.1. The highest BCUT2D eigenvalue weighted by atomic mass is 16.6. The Labute approximate surface area is 247 Å². The third-order valence-corrected chi connectivity index (χ3v) is 6.57. The van der Waals surface area contributed by atoms with Crippen molar-refractivity contribution in [1.82, 2.24) is 9.47 Å². The largest absolute Gasteiger partial charge is 0.494 e. The first-order valence-electron chi connectivity index (χ1n) is 14.3. The topological polar surface area (TPSA) is 93.4 Å². The monoisotopic (exact) mass is 569 g/mol. The van der Waals surface area contributed by atoms with Crippen LogP contribution in [0.5, 0.6) is 5.88 Å². The maximum absolute atomic E-state index is 12.8. The summed E-state index contributed by atoms with van der Waals surface area (Å²) in [6, 6.07) is 24.4. The second-order valence-electron chi connectivity index (χ2n) is 11.0. The van der Waals surface area contributed by atoms with E-state index in [1.807, 2.05) is 87.5 Å². The van der Waals surface area contributed by atoms with Crippen LogP contribution in [0, 0.1) is 0 Å². The summed E-state index contributed by atoms with van der Waals surface area (Å²) >= 11 is 0. The van der Waals surface area contributed by atoms with E-state index in [9.17, 15) is 14.7 Å². The van der Waals surface area contributed by atoms with Crippen molar-refractivity contribution < 1.29 is 24.2 Å². The van der Waals surface area contributed by atoms with Crippen molar-refractivity contribution in [1.29, 1.82) is 0 Å². The quantitative estimate of drug-likeness (QED) is 0.206. The van der Waals surface area contributed by atoms with Crippen molar-refractivity contribution in [3.8, 4) is 5.88 Å². The average Bonchev–Trinajstić information content (AvgIpc) is 3.25. The molecule has 0 bridgehead atoms. The highest BCUT2D eigenvalue weighted by Crippen LogP contribution is 2.35. The van der Waals surface area contributed by atoms with Gasteiger partial charge in [-0.05, 0) is 57.9 Å². The van der Waals surface area contributed by atoms with Gasteiger partial charge < -0.3 is 19.5 Å². The van der Waals surface area contributed by atoms with Gasteiger partial charge in [0, 0.05) is 24.0 Å². The lowest BCUT2D eigenvalue weighted by Crippen LogP contribution is -2.37. The van der Waals surface area contributed by atoms with Crippen LogP contribution in [-0.4, -0.2) is 51.2 Å². The van der Waals surface area contributed by atoms with Crippen LogP contribution >= 0.6 is 0 Å².